The van der Waals surface area contributed by atoms with Gasteiger partial charge in [-0.1, -0.05) is 6.07 Å². The van der Waals surface area contributed by atoms with Gasteiger partial charge in [-0.2, -0.15) is 0 Å². The number of rotatable bonds is 7. The van der Waals surface area contributed by atoms with E-state index < -0.39 is 10.0 Å². The first-order valence-electron chi connectivity index (χ1n) is 7.36. The van der Waals surface area contributed by atoms with Gasteiger partial charge in [0.25, 0.3) is 0 Å². The van der Waals surface area contributed by atoms with Gasteiger partial charge in [0.1, 0.15) is 10.6 Å². The first-order valence-corrected chi connectivity index (χ1v) is 9.68. The molecule has 1 aromatic heterocycles. The molecule has 2 aromatic rings. The predicted octanol–water partition coefficient (Wildman–Crippen LogP) is 2.58. The molecule has 0 aliphatic rings. The fourth-order valence-corrected chi connectivity index (χ4v) is 3.79. The molecule has 8 heteroatoms. The van der Waals surface area contributed by atoms with Crippen LogP contribution in [0.3, 0.4) is 0 Å². The zero-order chi connectivity index (χ0) is 17.7. The summed E-state index contributed by atoms with van der Waals surface area (Å²) in [6, 6.07) is 8.37. The summed E-state index contributed by atoms with van der Waals surface area (Å²) in [6.07, 6.45) is 0.251. The van der Waals surface area contributed by atoms with Gasteiger partial charge in [-0.25, -0.2) is 12.7 Å². The molecule has 0 aliphatic carbocycles. The Labute approximate surface area is 146 Å². The van der Waals surface area contributed by atoms with Crippen molar-refractivity contribution in [2.24, 2.45) is 0 Å². The molecule has 6 nitrogen and oxygen atoms in total. The van der Waals surface area contributed by atoms with Crippen LogP contribution in [-0.2, 0) is 21.2 Å². The molecule has 0 spiro atoms. The highest BCUT2D eigenvalue weighted by Crippen LogP contribution is 2.29. The summed E-state index contributed by atoms with van der Waals surface area (Å²) in [7, 11) is -0.776. The van der Waals surface area contributed by atoms with Crippen LogP contribution in [0.1, 0.15) is 11.8 Å². The molecule has 0 bridgehead atoms. The van der Waals surface area contributed by atoms with Gasteiger partial charge < -0.3 is 10.1 Å². The van der Waals surface area contributed by atoms with Crippen molar-refractivity contribution in [3.63, 3.8) is 0 Å². The third-order valence-corrected chi connectivity index (χ3v) is 5.91. The van der Waals surface area contributed by atoms with E-state index in [4.69, 9.17) is 4.74 Å². The van der Waals surface area contributed by atoms with E-state index in [-0.39, 0.29) is 23.0 Å². The van der Waals surface area contributed by atoms with E-state index in [1.165, 1.54) is 31.5 Å². The smallest absolute Gasteiger partial charge is 0.246 e. The number of carbonyl (C=O) groups excluding carboxylic acids is 1. The molecule has 0 aliphatic heterocycles. The van der Waals surface area contributed by atoms with Crippen LogP contribution in [0.15, 0.2) is 40.6 Å². The van der Waals surface area contributed by atoms with E-state index in [1.54, 1.807) is 19.1 Å². The normalized spacial score (nSPS) is 11.5. The number of anilines is 1. The minimum atomic E-state index is -3.68. The highest BCUT2D eigenvalue weighted by Gasteiger charge is 2.23. The highest BCUT2D eigenvalue weighted by atomic mass is 32.2. The van der Waals surface area contributed by atoms with Crippen LogP contribution in [-0.4, -0.2) is 39.3 Å². The number of nitrogens with one attached hydrogen (secondary N) is 1. The van der Waals surface area contributed by atoms with Gasteiger partial charge in [0, 0.05) is 24.7 Å². The molecule has 0 radical (unpaired) electrons. The van der Waals surface area contributed by atoms with Gasteiger partial charge >= 0.3 is 0 Å². The largest absolute Gasteiger partial charge is 0.492 e. The molecular formula is C16H20N2O4S2. The third kappa shape index (κ3) is 4.34. The summed E-state index contributed by atoms with van der Waals surface area (Å²) < 4.78 is 31.4. The van der Waals surface area contributed by atoms with Crippen LogP contribution >= 0.6 is 11.3 Å². The lowest BCUT2D eigenvalue weighted by Crippen LogP contribution is -2.23. The van der Waals surface area contributed by atoms with Crippen molar-refractivity contribution in [3.05, 3.63) is 40.6 Å². The lowest BCUT2D eigenvalue weighted by molar-refractivity contribution is -0.115. The molecule has 0 unspecified atom stereocenters. The monoisotopic (exact) mass is 368 g/mol. The van der Waals surface area contributed by atoms with Crippen molar-refractivity contribution < 1.29 is 17.9 Å². The number of sulfonamides is 1. The van der Waals surface area contributed by atoms with Crippen molar-refractivity contribution >= 4 is 33.0 Å². The predicted molar refractivity (Wildman–Crippen MR) is 95.1 cm³/mol. The molecule has 0 saturated carbocycles. The fourth-order valence-electron chi connectivity index (χ4n) is 2.04. The van der Waals surface area contributed by atoms with Crippen molar-refractivity contribution in [1.82, 2.24) is 4.31 Å². The Hall–Kier alpha value is -1.90. The van der Waals surface area contributed by atoms with Crippen LogP contribution in [0, 0.1) is 0 Å². The van der Waals surface area contributed by atoms with E-state index >= 15 is 0 Å². The number of thiophene rings is 1. The van der Waals surface area contributed by atoms with E-state index in [2.05, 4.69) is 5.32 Å². The topological polar surface area (TPSA) is 75.7 Å². The summed E-state index contributed by atoms with van der Waals surface area (Å²) in [5.41, 5.74) is 0.417. The molecule has 0 fully saturated rings. The minimum absolute atomic E-state index is 0.0308. The average Bonchev–Trinajstić information content (AvgIpc) is 3.01. The number of amides is 1. The Bertz CT molecular complexity index is 799. The van der Waals surface area contributed by atoms with Gasteiger partial charge in [0.05, 0.1) is 13.0 Å². The molecule has 1 heterocycles. The zero-order valence-electron chi connectivity index (χ0n) is 13.8. The van der Waals surface area contributed by atoms with Crippen molar-refractivity contribution in [1.29, 1.82) is 0 Å². The molecule has 0 saturated heterocycles. The average molecular weight is 368 g/mol. The number of carbonyl (C=O) groups is 1. The molecule has 0 atom stereocenters. The quantitative estimate of drug-likeness (QED) is 0.815. The maximum absolute atomic E-state index is 12.5. The van der Waals surface area contributed by atoms with E-state index in [0.717, 1.165) is 9.18 Å². The summed E-state index contributed by atoms with van der Waals surface area (Å²) >= 11 is 1.50. The van der Waals surface area contributed by atoms with Gasteiger partial charge in [-0.05, 0) is 36.6 Å². The molecule has 1 amide bonds. The summed E-state index contributed by atoms with van der Waals surface area (Å²) in [4.78, 5) is 13.1. The van der Waals surface area contributed by atoms with Crippen molar-refractivity contribution in [2.75, 3.05) is 26.0 Å². The molecule has 1 N–H and O–H groups in total. The summed E-state index contributed by atoms with van der Waals surface area (Å²) in [5, 5.41) is 4.63. The van der Waals surface area contributed by atoms with Gasteiger partial charge in [0.15, 0.2) is 0 Å². The van der Waals surface area contributed by atoms with Gasteiger partial charge in [-0.15, -0.1) is 11.3 Å². The van der Waals surface area contributed by atoms with Crippen LogP contribution in [0.2, 0.25) is 0 Å². The molecule has 130 valence electrons. The van der Waals surface area contributed by atoms with E-state index in [1.807, 2.05) is 17.5 Å². The van der Waals surface area contributed by atoms with Gasteiger partial charge in [-0.3, -0.25) is 4.79 Å². The maximum Gasteiger partial charge on any atom is 0.246 e. The van der Waals surface area contributed by atoms with Crippen LogP contribution in [0.5, 0.6) is 5.75 Å². The highest BCUT2D eigenvalue weighted by molar-refractivity contribution is 7.89. The van der Waals surface area contributed by atoms with Crippen LogP contribution in [0.4, 0.5) is 5.69 Å². The van der Waals surface area contributed by atoms with E-state index in [0.29, 0.717) is 12.3 Å². The van der Waals surface area contributed by atoms with Crippen LogP contribution in [0.25, 0.3) is 0 Å². The Morgan fingerprint density at radius 2 is 2.04 bits per heavy atom. The Balaban J connectivity index is 2.27. The Kier molecular flexibility index (Phi) is 5.98. The van der Waals surface area contributed by atoms with E-state index in [9.17, 15) is 13.2 Å². The fraction of sp³-hybridized carbons (Fsp3) is 0.312. The summed E-state index contributed by atoms with van der Waals surface area (Å²) in [6.45, 7) is 2.13. The number of benzene rings is 1. The lowest BCUT2D eigenvalue weighted by Gasteiger charge is -2.16. The number of ether oxygens (including phenoxy) is 1. The summed E-state index contributed by atoms with van der Waals surface area (Å²) in [5.74, 6) is 0.0669. The van der Waals surface area contributed by atoms with Gasteiger partial charge in [0.2, 0.25) is 15.9 Å². The molecule has 2 rings (SSSR count). The Morgan fingerprint density at radius 3 is 2.62 bits per heavy atom. The maximum atomic E-state index is 12.5. The number of nitrogens with zero attached hydrogens (tertiary/aromatic N) is 1. The second kappa shape index (κ2) is 7.78. The SMILES string of the molecule is CCOc1ccc(NC(=O)Cc2cccs2)cc1S(=O)(=O)N(C)C. The molecular weight excluding hydrogens is 348 g/mol. The van der Waals surface area contributed by atoms with Crippen molar-refractivity contribution in [3.8, 4) is 5.75 Å². The lowest BCUT2D eigenvalue weighted by atomic mass is 10.2. The second-order valence-electron chi connectivity index (χ2n) is 5.19. The number of hydrogen-bond donors (Lipinski definition) is 1. The Morgan fingerprint density at radius 1 is 1.29 bits per heavy atom. The molecule has 1 aromatic carbocycles. The standard InChI is InChI=1S/C16H20N2O4S2/c1-4-22-14-8-7-12(10-15(14)24(20,21)18(2)3)17-16(19)11-13-6-5-9-23-13/h5-10H,4,11H2,1-3H3,(H,17,19). The number of hydrogen-bond acceptors (Lipinski definition) is 5. The first-order chi connectivity index (χ1) is 11.3. The zero-order valence-corrected chi connectivity index (χ0v) is 15.4. The third-order valence-electron chi connectivity index (χ3n) is 3.20. The first kappa shape index (κ1) is 18.4. The van der Waals surface area contributed by atoms with Crippen molar-refractivity contribution in [2.45, 2.75) is 18.2 Å². The van der Waals surface area contributed by atoms with Crippen LogP contribution < -0.4 is 10.1 Å². The second-order valence-corrected chi connectivity index (χ2v) is 8.34. The molecule has 24 heavy (non-hydrogen) atoms. The minimum Gasteiger partial charge on any atom is -0.492 e.